The van der Waals surface area contributed by atoms with Gasteiger partial charge in [-0.3, -0.25) is 0 Å². The first-order chi connectivity index (χ1) is 15.6. The van der Waals surface area contributed by atoms with Crippen LogP contribution in [0.2, 0.25) is 15.1 Å². The Morgan fingerprint density at radius 1 is 1.00 bits per heavy atom. The van der Waals surface area contributed by atoms with E-state index in [1.807, 2.05) is 45.0 Å². The minimum absolute atomic E-state index is 0.355. The molecule has 0 bridgehead atoms. The van der Waals surface area contributed by atoms with Crippen LogP contribution in [0.4, 0.5) is 0 Å². The van der Waals surface area contributed by atoms with Crippen LogP contribution < -0.4 is 4.74 Å². The van der Waals surface area contributed by atoms with E-state index in [1.54, 1.807) is 24.3 Å². The maximum atomic E-state index is 12.0. The topological polar surface area (TPSA) is 59.4 Å². The molecule has 33 heavy (non-hydrogen) atoms. The molecule has 1 aliphatic heterocycles. The molecule has 2 heterocycles. The molecular formula is C26H22Cl3NO3. The number of benzene rings is 2. The van der Waals surface area contributed by atoms with Gasteiger partial charge >= 0.3 is 5.97 Å². The molecule has 170 valence electrons. The first kappa shape index (κ1) is 23.6. The Bertz CT molecular complexity index is 1280. The number of carbonyl (C=O) groups is 1. The van der Waals surface area contributed by atoms with Crippen molar-refractivity contribution in [2.45, 2.75) is 39.2 Å². The van der Waals surface area contributed by atoms with E-state index < -0.39 is 11.6 Å². The predicted octanol–water partition coefficient (Wildman–Crippen LogP) is 8.19. The molecule has 1 N–H and O–H groups in total. The van der Waals surface area contributed by atoms with Gasteiger partial charge in [0.1, 0.15) is 5.60 Å². The number of pyridine rings is 1. The molecule has 4 rings (SSSR count). The maximum Gasteiger partial charge on any atom is 0.331 e. The van der Waals surface area contributed by atoms with Crippen LogP contribution in [0, 0.1) is 0 Å². The predicted molar refractivity (Wildman–Crippen MR) is 134 cm³/mol. The molecule has 2 aromatic carbocycles. The standard InChI is InChI=1S/C26H22Cl3NO3/c1-4-17(25(31)32)21-13-26(2,3)33-24-20(21)12-19(14-5-7-15(27)8-6-14)23(30-24)18-10-9-16(28)11-22(18)29/h5-12H,4,13H2,1-3H3,(H,31,32). The molecule has 0 radical (unpaired) electrons. The fourth-order valence-electron chi connectivity index (χ4n) is 4.11. The molecule has 0 spiro atoms. The van der Waals surface area contributed by atoms with Crippen molar-refractivity contribution in [1.82, 2.24) is 4.98 Å². The maximum absolute atomic E-state index is 12.0. The first-order valence-electron chi connectivity index (χ1n) is 10.5. The molecule has 0 saturated carbocycles. The largest absolute Gasteiger partial charge is 0.478 e. The Kier molecular flexibility index (Phi) is 6.45. The lowest BCUT2D eigenvalue weighted by molar-refractivity contribution is -0.132. The van der Waals surface area contributed by atoms with Crippen molar-refractivity contribution in [3.05, 3.63) is 74.7 Å². The monoisotopic (exact) mass is 501 g/mol. The summed E-state index contributed by atoms with van der Waals surface area (Å²) in [6.07, 6.45) is 0.847. The van der Waals surface area contributed by atoms with Crippen molar-refractivity contribution < 1.29 is 14.6 Å². The van der Waals surface area contributed by atoms with Crippen molar-refractivity contribution in [3.63, 3.8) is 0 Å². The van der Waals surface area contributed by atoms with Gasteiger partial charge in [0.25, 0.3) is 0 Å². The molecule has 0 unspecified atom stereocenters. The third kappa shape index (κ3) is 4.74. The van der Waals surface area contributed by atoms with Gasteiger partial charge in [-0.1, -0.05) is 53.9 Å². The summed E-state index contributed by atoms with van der Waals surface area (Å²) in [5, 5.41) is 11.5. The fraction of sp³-hybridized carbons (Fsp3) is 0.231. The Hall–Kier alpha value is -2.53. The van der Waals surface area contributed by atoms with Gasteiger partial charge < -0.3 is 9.84 Å². The number of aliphatic carboxylic acids is 1. The van der Waals surface area contributed by atoms with Crippen LogP contribution in [0.1, 0.15) is 39.2 Å². The zero-order chi connectivity index (χ0) is 23.9. The molecule has 1 aliphatic rings. The Morgan fingerprint density at radius 3 is 2.27 bits per heavy atom. The highest BCUT2D eigenvalue weighted by Gasteiger charge is 2.35. The molecule has 7 heteroatoms. The quantitative estimate of drug-likeness (QED) is 0.365. The highest BCUT2D eigenvalue weighted by Crippen LogP contribution is 2.46. The minimum atomic E-state index is -0.936. The van der Waals surface area contributed by atoms with Gasteiger partial charge in [-0.15, -0.1) is 0 Å². The number of ether oxygens (including phenoxy) is 1. The van der Waals surface area contributed by atoms with Crippen LogP contribution >= 0.6 is 34.8 Å². The number of hydrogen-bond acceptors (Lipinski definition) is 3. The number of nitrogens with zero attached hydrogens (tertiary/aromatic N) is 1. The molecule has 0 saturated heterocycles. The van der Waals surface area contributed by atoms with E-state index in [0.29, 0.717) is 56.2 Å². The van der Waals surface area contributed by atoms with E-state index in [2.05, 4.69) is 0 Å². The van der Waals surface area contributed by atoms with Crippen LogP contribution in [0.15, 0.2) is 54.1 Å². The minimum Gasteiger partial charge on any atom is -0.478 e. The van der Waals surface area contributed by atoms with Crippen molar-refractivity contribution in [1.29, 1.82) is 0 Å². The van der Waals surface area contributed by atoms with E-state index in [0.717, 1.165) is 16.7 Å². The van der Waals surface area contributed by atoms with Crippen LogP contribution in [-0.4, -0.2) is 21.7 Å². The number of aromatic nitrogens is 1. The SMILES string of the molecule is CCC(C(=O)O)=C1CC(C)(C)Oc2nc(-c3ccc(Cl)cc3Cl)c(-c3ccc(Cl)cc3)cc21. The van der Waals surface area contributed by atoms with Crippen LogP contribution in [0.5, 0.6) is 5.88 Å². The second-order valence-electron chi connectivity index (χ2n) is 8.52. The zero-order valence-electron chi connectivity index (χ0n) is 18.4. The number of hydrogen-bond donors (Lipinski definition) is 1. The summed E-state index contributed by atoms with van der Waals surface area (Å²) in [4.78, 5) is 16.9. The molecule has 4 nitrogen and oxygen atoms in total. The second-order valence-corrected chi connectivity index (χ2v) is 9.80. The van der Waals surface area contributed by atoms with Gasteiger partial charge in [-0.25, -0.2) is 9.78 Å². The summed E-state index contributed by atoms with van der Waals surface area (Å²) in [6.45, 7) is 5.69. The van der Waals surface area contributed by atoms with E-state index in [-0.39, 0.29) is 0 Å². The summed E-state index contributed by atoms with van der Waals surface area (Å²) in [5.41, 5.74) is 4.11. The average molecular weight is 503 g/mol. The van der Waals surface area contributed by atoms with Gasteiger partial charge in [-0.05, 0) is 67.8 Å². The Labute approximate surface area is 207 Å². The summed E-state index contributed by atoms with van der Waals surface area (Å²) in [7, 11) is 0. The number of rotatable bonds is 4. The van der Waals surface area contributed by atoms with E-state index in [9.17, 15) is 9.90 Å². The molecule has 0 aliphatic carbocycles. The molecule has 1 aromatic heterocycles. The smallest absolute Gasteiger partial charge is 0.331 e. The Morgan fingerprint density at radius 2 is 1.67 bits per heavy atom. The summed E-state index contributed by atoms with van der Waals surface area (Å²) >= 11 is 18.8. The molecule has 0 fully saturated rings. The third-order valence-corrected chi connectivity index (χ3v) is 6.41. The van der Waals surface area contributed by atoms with Crippen molar-refractivity contribution in [2.24, 2.45) is 0 Å². The lowest BCUT2D eigenvalue weighted by Gasteiger charge is -2.35. The number of carboxylic acid groups (broad SMARTS) is 1. The van der Waals surface area contributed by atoms with E-state index in [1.165, 1.54) is 0 Å². The van der Waals surface area contributed by atoms with Crippen LogP contribution in [0.25, 0.3) is 28.0 Å². The van der Waals surface area contributed by atoms with Crippen molar-refractivity contribution in [3.8, 4) is 28.3 Å². The summed E-state index contributed by atoms with van der Waals surface area (Å²) in [5.74, 6) is -0.554. The molecule has 0 amide bonds. The molecule has 0 atom stereocenters. The van der Waals surface area contributed by atoms with Gasteiger partial charge in [0.15, 0.2) is 0 Å². The lowest BCUT2D eigenvalue weighted by Crippen LogP contribution is -2.33. The van der Waals surface area contributed by atoms with Gasteiger partial charge in [0.05, 0.1) is 10.7 Å². The Balaban J connectivity index is 2.07. The fourth-order valence-corrected chi connectivity index (χ4v) is 4.73. The number of halogens is 3. The molecular weight excluding hydrogens is 481 g/mol. The van der Waals surface area contributed by atoms with Crippen LogP contribution in [0.3, 0.4) is 0 Å². The number of fused-ring (bicyclic) bond motifs is 1. The number of carboxylic acids is 1. The molecule has 3 aromatic rings. The summed E-state index contributed by atoms with van der Waals surface area (Å²) in [6, 6.07) is 14.6. The lowest BCUT2D eigenvalue weighted by atomic mass is 9.85. The highest BCUT2D eigenvalue weighted by molar-refractivity contribution is 6.36. The van der Waals surface area contributed by atoms with Crippen molar-refractivity contribution >= 4 is 46.3 Å². The average Bonchev–Trinajstić information content (AvgIpc) is 2.73. The second kappa shape index (κ2) is 9.02. The highest BCUT2D eigenvalue weighted by atomic mass is 35.5. The summed E-state index contributed by atoms with van der Waals surface area (Å²) < 4.78 is 6.23. The zero-order valence-corrected chi connectivity index (χ0v) is 20.6. The van der Waals surface area contributed by atoms with Gasteiger partial charge in [0, 0.05) is 38.7 Å². The normalized spacial score (nSPS) is 16.1. The third-order valence-electron chi connectivity index (χ3n) is 5.61. The van der Waals surface area contributed by atoms with E-state index in [4.69, 9.17) is 44.5 Å². The van der Waals surface area contributed by atoms with E-state index >= 15 is 0 Å². The van der Waals surface area contributed by atoms with Gasteiger partial charge in [0.2, 0.25) is 5.88 Å². The van der Waals surface area contributed by atoms with Crippen molar-refractivity contribution in [2.75, 3.05) is 0 Å². The van der Waals surface area contributed by atoms with Crippen LogP contribution in [-0.2, 0) is 4.79 Å². The van der Waals surface area contributed by atoms with Gasteiger partial charge in [-0.2, -0.15) is 0 Å². The first-order valence-corrected chi connectivity index (χ1v) is 11.6.